The molecule has 0 fully saturated rings. The van der Waals surface area contributed by atoms with Crippen molar-refractivity contribution in [3.63, 3.8) is 0 Å². The maximum absolute atomic E-state index is 11.4. The van der Waals surface area contributed by atoms with Crippen LogP contribution in [0.15, 0.2) is 0 Å². The molecule has 0 saturated heterocycles. The molecule has 0 aromatic heterocycles. The topological polar surface area (TPSA) is 74.5 Å². The van der Waals surface area contributed by atoms with Crippen molar-refractivity contribution in [2.75, 3.05) is 19.3 Å². The summed E-state index contributed by atoms with van der Waals surface area (Å²) in [6, 6.07) is 0. The first kappa shape index (κ1) is 24.6. The zero-order valence-corrected chi connectivity index (χ0v) is 17.3. The van der Waals surface area contributed by atoms with Gasteiger partial charge < -0.3 is 9.50 Å². The molecule has 0 rings (SSSR count). The van der Waals surface area contributed by atoms with E-state index in [0.717, 1.165) is 12.8 Å². The molecular formula is C15H30NNaO4S. The van der Waals surface area contributed by atoms with Gasteiger partial charge in [-0.15, -0.1) is 6.54 Å². The van der Waals surface area contributed by atoms with Crippen LogP contribution in [0.5, 0.6) is 0 Å². The standard InChI is InChI=1S/C15H30NO4S.Na/c1-3-4-5-6-7-8-9-10-11-12-15(17)20-21(18,19)14-13-16-2;/h3-14H2,1-2H3;/q-1;+1. The minimum Gasteiger partial charge on any atom is -0.664 e. The maximum atomic E-state index is 11.4. The zero-order chi connectivity index (χ0) is 16.0. The Morgan fingerprint density at radius 2 is 1.45 bits per heavy atom. The van der Waals surface area contributed by atoms with Crippen molar-refractivity contribution >= 4 is 16.1 Å². The van der Waals surface area contributed by atoms with Gasteiger partial charge in [0.2, 0.25) is 0 Å². The molecule has 0 aromatic carbocycles. The summed E-state index contributed by atoms with van der Waals surface area (Å²) in [4.78, 5) is 11.4. The Labute approximate surface area is 158 Å². The number of hydrogen-bond donors (Lipinski definition) is 0. The van der Waals surface area contributed by atoms with Gasteiger partial charge in [0, 0.05) is 6.42 Å². The number of unbranched alkanes of at least 4 members (excludes halogenated alkanes) is 8. The zero-order valence-electron chi connectivity index (χ0n) is 14.5. The fourth-order valence-electron chi connectivity index (χ4n) is 2.01. The van der Waals surface area contributed by atoms with Crippen molar-refractivity contribution < 1.29 is 47.0 Å². The van der Waals surface area contributed by atoms with E-state index in [1.165, 1.54) is 45.6 Å². The molecule has 126 valence electrons. The Morgan fingerprint density at radius 3 is 1.95 bits per heavy atom. The Hall–Kier alpha value is 0.380. The number of rotatable bonds is 14. The van der Waals surface area contributed by atoms with E-state index in [2.05, 4.69) is 16.4 Å². The Bertz CT molecular complexity index is 361. The van der Waals surface area contributed by atoms with Gasteiger partial charge >= 0.3 is 45.6 Å². The largest absolute Gasteiger partial charge is 1.00 e. The monoisotopic (exact) mass is 343 g/mol. The quantitative estimate of drug-likeness (QED) is 0.265. The van der Waals surface area contributed by atoms with Crippen molar-refractivity contribution in [2.45, 2.75) is 71.1 Å². The molecule has 0 heterocycles. The van der Waals surface area contributed by atoms with E-state index in [9.17, 15) is 13.2 Å². The smallest absolute Gasteiger partial charge is 0.664 e. The van der Waals surface area contributed by atoms with Gasteiger partial charge in [0.25, 0.3) is 0 Å². The molecule has 0 aliphatic rings. The number of carbonyl (C=O) groups is 1. The van der Waals surface area contributed by atoms with Crippen LogP contribution in [0.4, 0.5) is 0 Å². The number of hydrogen-bond acceptors (Lipinski definition) is 4. The summed E-state index contributed by atoms with van der Waals surface area (Å²) in [7, 11) is -2.22. The molecule has 0 radical (unpaired) electrons. The number of carbonyl (C=O) groups excluding carboxylic acids is 1. The summed E-state index contributed by atoms with van der Waals surface area (Å²) in [5.41, 5.74) is 0. The van der Waals surface area contributed by atoms with Gasteiger partial charge in [-0.2, -0.15) is 15.5 Å². The van der Waals surface area contributed by atoms with Crippen LogP contribution in [0.3, 0.4) is 0 Å². The van der Waals surface area contributed by atoms with Crippen LogP contribution >= 0.6 is 0 Å². The van der Waals surface area contributed by atoms with Gasteiger partial charge in [0.15, 0.2) is 0 Å². The van der Waals surface area contributed by atoms with E-state index in [1.54, 1.807) is 0 Å². The van der Waals surface area contributed by atoms with Crippen LogP contribution in [0.1, 0.15) is 71.1 Å². The summed E-state index contributed by atoms with van der Waals surface area (Å²) >= 11 is 0. The van der Waals surface area contributed by atoms with E-state index >= 15 is 0 Å². The molecule has 0 aliphatic heterocycles. The molecule has 0 amide bonds. The first-order valence-corrected chi connectivity index (χ1v) is 9.60. The van der Waals surface area contributed by atoms with E-state index < -0.39 is 16.1 Å². The van der Waals surface area contributed by atoms with Crippen molar-refractivity contribution in [3.05, 3.63) is 5.32 Å². The van der Waals surface area contributed by atoms with Crippen LogP contribution in [-0.2, 0) is 19.1 Å². The minimum atomic E-state index is -3.75. The Kier molecular flexibility index (Phi) is 18.2. The first-order chi connectivity index (χ1) is 10.0. The van der Waals surface area contributed by atoms with Gasteiger partial charge in [-0.3, -0.25) is 4.79 Å². The molecule has 0 unspecified atom stereocenters. The van der Waals surface area contributed by atoms with E-state index in [0.29, 0.717) is 6.42 Å². The van der Waals surface area contributed by atoms with E-state index in [4.69, 9.17) is 0 Å². The van der Waals surface area contributed by atoms with E-state index in [-0.39, 0.29) is 48.3 Å². The van der Waals surface area contributed by atoms with Crippen LogP contribution in [0.2, 0.25) is 0 Å². The summed E-state index contributed by atoms with van der Waals surface area (Å²) < 4.78 is 27.2. The third-order valence-corrected chi connectivity index (χ3v) is 4.39. The van der Waals surface area contributed by atoms with Crippen molar-refractivity contribution in [1.82, 2.24) is 0 Å². The van der Waals surface area contributed by atoms with Crippen LogP contribution in [0.25, 0.3) is 5.32 Å². The van der Waals surface area contributed by atoms with Crippen LogP contribution in [-0.4, -0.2) is 33.7 Å². The van der Waals surface area contributed by atoms with Crippen molar-refractivity contribution in [1.29, 1.82) is 0 Å². The molecule has 22 heavy (non-hydrogen) atoms. The summed E-state index contributed by atoms with van der Waals surface area (Å²) in [5, 5.41) is 3.68. The molecular weight excluding hydrogens is 313 g/mol. The maximum Gasteiger partial charge on any atom is 1.00 e. The molecule has 5 nitrogen and oxygen atoms in total. The molecule has 0 aliphatic carbocycles. The minimum absolute atomic E-state index is 0. The third-order valence-electron chi connectivity index (χ3n) is 3.27. The molecule has 0 bridgehead atoms. The first-order valence-electron chi connectivity index (χ1n) is 8.02. The Balaban J connectivity index is 0. The predicted molar refractivity (Wildman–Crippen MR) is 85.9 cm³/mol. The molecule has 0 aromatic rings. The number of nitrogens with zero attached hydrogens (tertiary/aromatic N) is 1. The third kappa shape index (κ3) is 16.7. The molecule has 0 N–H and O–H groups in total. The van der Waals surface area contributed by atoms with Crippen molar-refractivity contribution in [2.24, 2.45) is 0 Å². The Morgan fingerprint density at radius 1 is 0.955 bits per heavy atom. The summed E-state index contributed by atoms with van der Waals surface area (Å²) in [6.07, 6.45) is 10.5. The second kappa shape index (κ2) is 16.2. The second-order valence-corrected chi connectivity index (χ2v) is 7.03. The SMILES string of the molecule is CCCCCCCCCCCC(=O)OS(=O)(=O)CC[N-]C.[Na+]. The molecule has 0 spiro atoms. The van der Waals surface area contributed by atoms with Crippen LogP contribution < -0.4 is 29.6 Å². The van der Waals surface area contributed by atoms with Gasteiger partial charge in [-0.1, -0.05) is 58.3 Å². The molecule has 7 heteroatoms. The average Bonchev–Trinajstić information content (AvgIpc) is 2.43. The fourth-order valence-corrected chi connectivity index (χ4v) is 2.86. The van der Waals surface area contributed by atoms with Crippen LogP contribution in [0, 0.1) is 0 Å². The summed E-state index contributed by atoms with van der Waals surface area (Å²) in [5.74, 6) is -0.874. The van der Waals surface area contributed by atoms with E-state index in [1.807, 2.05) is 0 Å². The predicted octanol–water partition coefficient (Wildman–Crippen LogP) is 0.788. The van der Waals surface area contributed by atoms with Gasteiger partial charge in [0.05, 0.1) is 5.75 Å². The average molecular weight is 343 g/mol. The fraction of sp³-hybridized carbons (Fsp3) is 0.933. The van der Waals surface area contributed by atoms with Gasteiger partial charge in [-0.05, 0) is 6.42 Å². The van der Waals surface area contributed by atoms with Gasteiger partial charge in [0.1, 0.15) is 0 Å². The molecule has 0 saturated carbocycles. The van der Waals surface area contributed by atoms with Crippen molar-refractivity contribution in [3.8, 4) is 0 Å². The molecule has 0 atom stereocenters. The second-order valence-electron chi connectivity index (χ2n) is 5.34. The normalized spacial score (nSPS) is 11.0. The summed E-state index contributed by atoms with van der Waals surface area (Å²) in [6.45, 7) is 2.37. The van der Waals surface area contributed by atoms with Gasteiger partial charge in [-0.25, -0.2) is 0 Å².